The summed E-state index contributed by atoms with van der Waals surface area (Å²) in [5.74, 6) is 2.56. The molecule has 3 heteroatoms. The zero-order chi connectivity index (χ0) is 21.6. The van der Waals surface area contributed by atoms with Crippen LogP contribution in [0.15, 0.2) is 42.3 Å². The molecule has 4 aliphatic carbocycles. The van der Waals surface area contributed by atoms with E-state index < -0.39 is 0 Å². The van der Waals surface area contributed by atoms with Gasteiger partial charge in [-0.05, 0) is 97.2 Å². The van der Waals surface area contributed by atoms with Crippen LogP contribution in [0.2, 0.25) is 0 Å². The molecule has 5 rings (SSSR count). The standard InChI is InChI=1S/C28H38N2O/c1-4-6-26(31)30-21-12-14-27(2)20(17-21)8-9-22-24-11-10-23(19-7-5-16-29-18-19)28(24,3)15-13-25(22)27/h5,7-8,10,16,18,21-22,24-25H,4,6,9,11-15,17H2,1-3H3,(H,30,31). The molecule has 1 amide bonds. The number of allylic oxidation sites excluding steroid dienone is 3. The molecule has 0 bridgehead atoms. The Hall–Kier alpha value is -1.90. The Kier molecular flexibility index (Phi) is 5.35. The Balaban J connectivity index is 1.35. The number of nitrogens with one attached hydrogen (secondary N) is 1. The van der Waals surface area contributed by atoms with Crippen LogP contribution < -0.4 is 5.32 Å². The highest BCUT2D eigenvalue weighted by molar-refractivity contribution is 5.76. The lowest BCUT2D eigenvalue weighted by Gasteiger charge is -2.58. The minimum Gasteiger partial charge on any atom is -0.353 e. The van der Waals surface area contributed by atoms with Crippen molar-refractivity contribution in [2.24, 2.45) is 28.6 Å². The molecule has 0 aliphatic heterocycles. The van der Waals surface area contributed by atoms with Crippen molar-refractivity contribution in [1.29, 1.82) is 0 Å². The number of carbonyl (C=O) groups excluding carboxylic acids is 1. The quantitative estimate of drug-likeness (QED) is 0.581. The van der Waals surface area contributed by atoms with Crippen LogP contribution in [-0.4, -0.2) is 16.9 Å². The number of fused-ring (bicyclic) bond motifs is 5. The van der Waals surface area contributed by atoms with Gasteiger partial charge in [0, 0.05) is 24.9 Å². The SMILES string of the molecule is CCCC(=O)NC1CCC2(C)C(=CCC3C2CCC2(C)C(c4cccnc4)=CCC32)C1. The summed E-state index contributed by atoms with van der Waals surface area (Å²) in [4.78, 5) is 16.5. The Morgan fingerprint density at radius 1 is 1.13 bits per heavy atom. The maximum atomic E-state index is 12.1. The molecule has 0 aromatic carbocycles. The highest BCUT2D eigenvalue weighted by Gasteiger charge is 2.56. The molecule has 6 unspecified atom stereocenters. The lowest BCUT2D eigenvalue weighted by atomic mass is 9.47. The van der Waals surface area contributed by atoms with Crippen molar-refractivity contribution in [3.8, 4) is 0 Å². The smallest absolute Gasteiger partial charge is 0.220 e. The van der Waals surface area contributed by atoms with Gasteiger partial charge >= 0.3 is 0 Å². The number of hydrogen-bond acceptors (Lipinski definition) is 2. The van der Waals surface area contributed by atoms with E-state index in [0.717, 1.165) is 37.0 Å². The minimum atomic E-state index is 0.235. The highest BCUT2D eigenvalue weighted by Crippen LogP contribution is 2.66. The first-order valence-electron chi connectivity index (χ1n) is 12.6. The number of carbonyl (C=O) groups is 1. The molecule has 0 spiro atoms. The summed E-state index contributed by atoms with van der Waals surface area (Å²) in [5.41, 5.74) is 5.13. The Morgan fingerprint density at radius 3 is 2.74 bits per heavy atom. The summed E-state index contributed by atoms with van der Waals surface area (Å²) in [5, 5.41) is 3.32. The largest absolute Gasteiger partial charge is 0.353 e. The van der Waals surface area contributed by atoms with E-state index >= 15 is 0 Å². The molecule has 2 fully saturated rings. The summed E-state index contributed by atoms with van der Waals surface area (Å²) >= 11 is 0. The van der Waals surface area contributed by atoms with Crippen LogP contribution in [0.1, 0.15) is 84.1 Å². The molecule has 31 heavy (non-hydrogen) atoms. The van der Waals surface area contributed by atoms with Crippen LogP contribution in [-0.2, 0) is 4.79 Å². The van der Waals surface area contributed by atoms with Crippen molar-refractivity contribution in [3.05, 3.63) is 47.8 Å². The van der Waals surface area contributed by atoms with Crippen LogP contribution in [0.4, 0.5) is 0 Å². The molecular weight excluding hydrogens is 380 g/mol. The van der Waals surface area contributed by atoms with Gasteiger partial charge in [-0.25, -0.2) is 0 Å². The van der Waals surface area contributed by atoms with E-state index in [1.807, 2.05) is 6.20 Å². The summed E-state index contributed by atoms with van der Waals surface area (Å²) in [6.07, 6.45) is 19.1. The van der Waals surface area contributed by atoms with Gasteiger partial charge in [-0.3, -0.25) is 9.78 Å². The van der Waals surface area contributed by atoms with Crippen molar-refractivity contribution in [2.75, 3.05) is 0 Å². The van der Waals surface area contributed by atoms with Crippen LogP contribution in [0.3, 0.4) is 0 Å². The summed E-state index contributed by atoms with van der Waals surface area (Å²) in [6.45, 7) is 7.16. The molecular formula is C28H38N2O. The minimum absolute atomic E-state index is 0.235. The van der Waals surface area contributed by atoms with Crippen molar-refractivity contribution in [2.45, 2.75) is 84.6 Å². The van der Waals surface area contributed by atoms with Crippen LogP contribution >= 0.6 is 0 Å². The maximum Gasteiger partial charge on any atom is 0.220 e. The lowest BCUT2D eigenvalue weighted by Crippen LogP contribution is -2.51. The second-order valence-electron chi connectivity index (χ2n) is 11.1. The third-order valence-corrected chi connectivity index (χ3v) is 9.50. The molecule has 1 aromatic heterocycles. The average molecular weight is 419 g/mol. The Morgan fingerprint density at radius 2 is 1.97 bits per heavy atom. The van der Waals surface area contributed by atoms with Crippen molar-refractivity contribution >= 4 is 11.5 Å². The summed E-state index contributed by atoms with van der Waals surface area (Å²) in [7, 11) is 0. The fourth-order valence-electron chi connectivity index (χ4n) is 7.85. The highest BCUT2D eigenvalue weighted by atomic mass is 16.1. The van der Waals surface area contributed by atoms with Gasteiger partial charge in [0.25, 0.3) is 0 Å². The third-order valence-electron chi connectivity index (χ3n) is 9.50. The second kappa shape index (κ2) is 7.90. The molecule has 3 nitrogen and oxygen atoms in total. The van der Waals surface area contributed by atoms with E-state index in [1.54, 1.807) is 11.1 Å². The third kappa shape index (κ3) is 3.39. The van der Waals surface area contributed by atoms with Crippen LogP contribution in [0, 0.1) is 28.6 Å². The molecule has 1 N–H and O–H groups in total. The van der Waals surface area contributed by atoms with E-state index in [2.05, 4.69) is 61.6 Å². The molecule has 1 heterocycles. The molecule has 2 saturated carbocycles. The van der Waals surface area contributed by atoms with Crippen LogP contribution in [0.5, 0.6) is 0 Å². The van der Waals surface area contributed by atoms with E-state index in [1.165, 1.54) is 37.7 Å². The topological polar surface area (TPSA) is 42.0 Å². The molecule has 166 valence electrons. The van der Waals surface area contributed by atoms with Gasteiger partial charge in [-0.15, -0.1) is 0 Å². The second-order valence-corrected chi connectivity index (χ2v) is 11.1. The van der Waals surface area contributed by atoms with Crippen LogP contribution in [0.25, 0.3) is 5.57 Å². The molecule has 6 atom stereocenters. The summed E-state index contributed by atoms with van der Waals surface area (Å²) in [6, 6.07) is 4.66. The lowest BCUT2D eigenvalue weighted by molar-refractivity contribution is -0.122. The fourth-order valence-corrected chi connectivity index (χ4v) is 7.85. The van der Waals surface area contributed by atoms with Gasteiger partial charge < -0.3 is 5.32 Å². The fraction of sp³-hybridized carbons (Fsp3) is 0.643. The monoisotopic (exact) mass is 418 g/mol. The van der Waals surface area contributed by atoms with E-state index in [9.17, 15) is 4.79 Å². The molecule has 4 aliphatic rings. The molecule has 0 saturated heterocycles. The summed E-state index contributed by atoms with van der Waals surface area (Å²) < 4.78 is 0. The van der Waals surface area contributed by atoms with Gasteiger partial charge in [0.15, 0.2) is 0 Å². The maximum absolute atomic E-state index is 12.1. The molecule has 1 aromatic rings. The average Bonchev–Trinajstić information content (AvgIpc) is 3.12. The van der Waals surface area contributed by atoms with Gasteiger partial charge in [-0.1, -0.05) is 44.6 Å². The van der Waals surface area contributed by atoms with Gasteiger partial charge in [0.05, 0.1) is 0 Å². The first-order chi connectivity index (χ1) is 15.0. The van der Waals surface area contributed by atoms with Gasteiger partial charge in [0.2, 0.25) is 5.91 Å². The van der Waals surface area contributed by atoms with Gasteiger partial charge in [-0.2, -0.15) is 0 Å². The predicted molar refractivity (Wildman–Crippen MR) is 126 cm³/mol. The first-order valence-corrected chi connectivity index (χ1v) is 12.6. The van der Waals surface area contributed by atoms with Gasteiger partial charge in [0.1, 0.15) is 0 Å². The van der Waals surface area contributed by atoms with E-state index in [4.69, 9.17) is 0 Å². The number of rotatable bonds is 4. The zero-order valence-corrected chi connectivity index (χ0v) is 19.5. The number of pyridine rings is 1. The number of nitrogens with zero attached hydrogens (tertiary/aromatic N) is 1. The van der Waals surface area contributed by atoms with E-state index in [0.29, 0.717) is 17.9 Å². The number of amides is 1. The number of aromatic nitrogens is 1. The normalized spacial score (nSPS) is 38.9. The van der Waals surface area contributed by atoms with E-state index in [-0.39, 0.29) is 11.3 Å². The van der Waals surface area contributed by atoms with Crippen molar-refractivity contribution in [1.82, 2.24) is 10.3 Å². The van der Waals surface area contributed by atoms with Crippen molar-refractivity contribution in [3.63, 3.8) is 0 Å². The Bertz CT molecular complexity index is 903. The number of hydrogen-bond donors (Lipinski definition) is 1. The first kappa shape index (κ1) is 21.0. The molecule has 0 radical (unpaired) electrons. The van der Waals surface area contributed by atoms with Crippen molar-refractivity contribution < 1.29 is 4.79 Å². The predicted octanol–water partition coefficient (Wildman–Crippen LogP) is 6.32. The zero-order valence-electron chi connectivity index (χ0n) is 19.5. The Labute approximate surface area is 187 Å².